The molecule has 0 radical (unpaired) electrons. The molecule has 1 aromatic carbocycles. The topological polar surface area (TPSA) is 87.0 Å². The molecule has 0 amide bonds. The van der Waals surface area contributed by atoms with Gasteiger partial charge in [-0.1, -0.05) is 58.2 Å². The molecule has 9 heteroatoms. The fourth-order valence-corrected chi connectivity index (χ4v) is 4.14. The Labute approximate surface area is 211 Å². The normalized spacial score (nSPS) is 10.6. The standard InChI is InChI=1S/C24H28N6O2S.C2H6/c1-6-10-15-11-8-12-17(25-15)23-28-22-24(27-21(29-33-5)16(7-2)26-22)30(23)20-18(31-3)13-9-14-19(20)32-4;1-2/h8-9,11-14H,6-7,10H2,1-5H3,(H,27,29);1-2H3. The number of fused-ring (bicyclic) bond motifs is 1. The molecule has 0 unspecified atom stereocenters. The number of para-hydroxylation sites is 1. The highest BCUT2D eigenvalue weighted by Gasteiger charge is 2.24. The van der Waals surface area contributed by atoms with Gasteiger partial charge in [-0.15, -0.1) is 0 Å². The zero-order chi connectivity index (χ0) is 25.4. The van der Waals surface area contributed by atoms with Gasteiger partial charge in [-0.05, 0) is 37.1 Å². The van der Waals surface area contributed by atoms with Gasteiger partial charge in [0.1, 0.15) is 22.9 Å². The molecule has 0 bridgehead atoms. The third-order valence-corrected chi connectivity index (χ3v) is 5.67. The zero-order valence-corrected chi connectivity index (χ0v) is 22.4. The van der Waals surface area contributed by atoms with E-state index in [1.54, 1.807) is 14.2 Å². The van der Waals surface area contributed by atoms with E-state index in [4.69, 9.17) is 29.4 Å². The predicted molar refractivity (Wildman–Crippen MR) is 145 cm³/mol. The van der Waals surface area contributed by atoms with E-state index in [9.17, 15) is 0 Å². The number of hydrogen-bond donors (Lipinski definition) is 1. The van der Waals surface area contributed by atoms with Gasteiger partial charge in [-0.25, -0.2) is 19.9 Å². The first kappa shape index (κ1) is 26.3. The summed E-state index contributed by atoms with van der Waals surface area (Å²) in [7, 11) is 3.28. The summed E-state index contributed by atoms with van der Waals surface area (Å²) in [5, 5.41) is 0. The number of nitrogens with zero attached hydrogens (tertiary/aromatic N) is 5. The number of imidazole rings is 1. The van der Waals surface area contributed by atoms with Gasteiger partial charge in [0, 0.05) is 11.9 Å². The molecular formula is C26H34N6O2S. The molecule has 0 aliphatic rings. The van der Waals surface area contributed by atoms with Gasteiger partial charge < -0.3 is 14.2 Å². The number of nitrogens with one attached hydrogen (secondary N) is 1. The van der Waals surface area contributed by atoms with Crippen molar-refractivity contribution in [3.05, 3.63) is 47.8 Å². The fraction of sp³-hybridized carbons (Fsp3) is 0.385. The van der Waals surface area contributed by atoms with Crippen molar-refractivity contribution in [2.45, 2.75) is 47.0 Å². The minimum Gasteiger partial charge on any atom is -0.494 e. The number of hydrogen-bond acceptors (Lipinski definition) is 8. The van der Waals surface area contributed by atoms with Crippen molar-refractivity contribution < 1.29 is 9.47 Å². The highest BCUT2D eigenvalue weighted by Crippen LogP contribution is 2.38. The second-order valence-corrected chi connectivity index (χ2v) is 7.98. The smallest absolute Gasteiger partial charge is 0.198 e. The first-order valence-electron chi connectivity index (χ1n) is 11.9. The first-order valence-corrected chi connectivity index (χ1v) is 13.1. The van der Waals surface area contributed by atoms with E-state index in [0.717, 1.165) is 36.3 Å². The minimum atomic E-state index is 0.546. The van der Waals surface area contributed by atoms with E-state index in [0.29, 0.717) is 40.1 Å². The Balaban J connectivity index is 0.00000167. The van der Waals surface area contributed by atoms with Crippen molar-refractivity contribution >= 4 is 29.1 Å². The average Bonchev–Trinajstić information content (AvgIpc) is 3.27. The van der Waals surface area contributed by atoms with Crippen molar-refractivity contribution in [1.82, 2.24) is 24.5 Å². The van der Waals surface area contributed by atoms with Crippen LogP contribution in [0.4, 0.5) is 5.82 Å². The molecule has 0 saturated carbocycles. The maximum Gasteiger partial charge on any atom is 0.198 e. The molecule has 0 saturated heterocycles. The van der Waals surface area contributed by atoms with Gasteiger partial charge in [0.2, 0.25) is 0 Å². The van der Waals surface area contributed by atoms with E-state index in [1.807, 2.05) is 61.1 Å². The van der Waals surface area contributed by atoms with Crippen LogP contribution < -0.4 is 14.2 Å². The Kier molecular flexibility index (Phi) is 9.31. The average molecular weight is 495 g/mol. The number of anilines is 1. The van der Waals surface area contributed by atoms with E-state index < -0.39 is 0 Å². The van der Waals surface area contributed by atoms with Crippen molar-refractivity contribution in [2.24, 2.45) is 0 Å². The predicted octanol–water partition coefficient (Wildman–Crippen LogP) is 6.13. The maximum absolute atomic E-state index is 5.72. The number of aryl methyl sites for hydroxylation is 2. The Morgan fingerprint density at radius 1 is 0.914 bits per heavy atom. The minimum absolute atomic E-state index is 0.546. The lowest BCUT2D eigenvalue weighted by Crippen LogP contribution is -2.07. The second-order valence-electron chi connectivity index (χ2n) is 7.37. The maximum atomic E-state index is 5.72. The van der Waals surface area contributed by atoms with Crippen LogP contribution in [-0.4, -0.2) is 45.0 Å². The highest BCUT2D eigenvalue weighted by molar-refractivity contribution is 7.99. The number of ether oxygens (including phenoxy) is 2. The van der Waals surface area contributed by atoms with Gasteiger partial charge in [-0.3, -0.25) is 4.57 Å². The molecular weight excluding hydrogens is 460 g/mol. The quantitative estimate of drug-likeness (QED) is 0.278. The summed E-state index contributed by atoms with van der Waals surface area (Å²) in [6, 6.07) is 11.7. The largest absolute Gasteiger partial charge is 0.494 e. The summed E-state index contributed by atoms with van der Waals surface area (Å²) in [6.07, 6.45) is 4.60. The molecule has 1 N–H and O–H groups in total. The monoisotopic (exact) mass is 494 g/mol. The molecule has 0 fully saturated rings. The summed E-state index contributed by atoms with van der Waals surface area (Å²) in [6.45, 7) is 8.20. The Bertz CT molecular complexity index is 1250. The molecule has 3 aromatic heterocycles. The zero-order valence-electron chi connectivity index (χ0n) is 21.5. The first-order chi connectivity index (χ1) is 17.1. The van der Waals surface area contributed by atoms with Gasteiger partial charge >= 0.3 is 0 Å². The van der Waals surface area contributed by atoms with Gasteiger partial charge in [0.05, 0.1) is 19.9 Å². The van der Waals surface area contributed by atoms with Crippen LogP contribution in [-0.2, 0) is 12.8 Å². The summed E-state index contributed by atoms with van der Waals surface area (Å²) >= 11 is 1.48. The number of benzene rings is 1. The summed E-state index contributed by atoms with van der Waals surface area (Å²) in [5.41, 5.74) is 4.46. The third kappa shape index (κ3) is 5.35. The van der Waals surface area contributed by atoms with Crippen LogP contribution in [0.25, 0.3) is 28.5 Å². The van der Waals surface area contributed by atoms with Crippen molar-refractivity contribution in [3.63, 3.8) is 0 Å². The van der Waals surface area contributed by atoms with Crippen LogP contribution in [0.1, 0.15) is 45.5 Å². The lowest BCUT2D eigenvalue weighted by molar-refractivity contribution is 0.391. The van der Waals surface area contributed by atoms with Crippen molar-refractivity contribution in [3.8, 4) is 28.7 Å². The summed E-state index contributed by atoms with van der Waals surface area (Å²) < 4.78 is 16.6. The lowest BCUT2D eigenvalue weighted by Gasteiger charge is -2.16. The molecule has 8 nitrogen and oxygen atoms in total. The Hall–Kier alpha value is -3.33. The fourth-order valence-electron chi connectivity index (χ4n) is 3.79. The van der Waals surface area contributed by atoms with Crippen LogP contribution in [0.15, 0.2) is 36.4 Å². The molecule has 3 heterocycles. The molecule has 4 aromatic rings. The molecule has 4 rings (SSSR count). The molecule has 35 heavy (non-hydrogen) atoms. The van der Waals surface area contributed by atoms with Crippen molar-refractivity contribution in [1.29, 1.82) is 0 Å². The van der Waals surface area contributed by atoms with Gasteiger partial charge in [0.15, 0.2) is 22.9 Å². The second kappa shape index (κ2) is 12.4. The summed E-state index contributed by atoms with van der Waals surface area (Å²) in [5.74, 6) is 2.63. The number of methoxy groups -OCH3 is 2. The van der Waals surface area contributed by atoms with E-state index >= 15 is 0 Å². The number of rotatable bonds is 9. The van der Waals surface area contributed by atoms with Crippen LogP contribution >= 0.6 is 11.9 Å². The Morgan fingerprint density at radius 3 is 2.20 bits per heavy atom. The Morgan fingerprint density at radius 2 is 1.60 bits per heavy atom. The summed E-state index contributed by atoms with van der Waals surface area (Å²) in [4.78, 5) is 19.6. The molecule has 0 aliphatic heterocycles. The molecule has 0 aliphatic carbocycles. The molecule has 186 valence electrons. The third-order valence-electron chi connectivity index (χ3n) is 5.27. The molecule has 0 spiro atoms. The molecule has 0 atom stereocenters. The van der Waals surface area contributed by atoms with Gasteiger partial charge in [0.25, 0.3) is 0 Å². The lowest BCUT2D eigenvalue weighted by atomic mass is 10.2. The number of aromatic nitrogens is 5. The SMILES string of the molecule is CC.CCCc1cccc(-c2nc3nc(CC)c(NSC)nc3n2-c2c(OC)cccc2OC)n1. The van der Waals surface area contributed by atoms with E-state index in [2.05, 4.69) is 18.6 Å². The van der Waals surface area contributed by atoms with Gasteiger partial charge in [-0.2, -0.15) is 0 Å². The van der Waals surface area contributed by atoms with E-state index in [1.165, 1.54) is 11.9 Å². The van der Waals surface area contributed by atoms with Crippen LogP contribution in [0, 0.1) is 0 Å². The van der Waals surface area contributed by atoms with Crippen LogP contribution in [0.5, 0.6) is 11.5 Å². The van der Waals surface area contributed by atoms with Crippen LogP contribution in [0.3, 0.4) is 0 Å². The van der Waals surface area contributed by atoms with E-state index in [-0.39, 0.29) is 0 Å². The van der Waals surface area contributed by atoms with Crippen LogP contribution in [0.2, 0.25) is 0 Å². The number of pyridine rings is 1. The van der Waals surface area contributed by atoms with Crippen molar-refractivity contribution in [2.75, 3.05) is 25.2 Å². The highest BCUT2D eigenvalue weighted by atomic mass is 32.2.